The van der Waals surface area contributed by atoms with E-state index in [4.69, 9.17) is 0 Å². The van der Waals surface area contributed by atoms with E-state index in [9.17, 15) is 9.18 Å². The summed E-state index contributed by atoms with van der Waals surface area (Å²) in [5.74, 6) is -0.693. The Morgan fingerprint density at radius 1 is 1.44 bits per heavy atom. The molecular weight excluding hydrogens is 299 g/mol. The zero-order chi connectivity index (χ0) is 13.3. The smallest absolute Gasteiger partial charge is 0.257 e. The molecule has 3 nitrogen and oxygen atoms in total. The molecule has 5 heteroatoms. The molecular formula is C13H16BrFN2O. The predicted octanol–water partition coefficient (Wildman–Crippen LogP) is 2.36. The minimum absolute atomic E-state index is 0.110. The van der Waals surface area contributed by atoms with E-state index in [0.717, 1.165) is 13.1 Å². The van der Waals surface area contributed by atoms with Crippen molar-refractivity contribution >= 4 is 21.8 Å². The first kappa shape index (κ1) is 13.5. The Labute approximate surface area is 115 Å². The third-order valence-corrected chi connectivity index (χ3v) is 3.75. The summed E-state index contributed by atoms with van der Waals surface area (Å²) in [5, 5.41) is 0. The highest BCUT2D eigenvalue weighted by Crippen LogP contribution is 2.19. The van der Waals surface area contributed by atoms with Crippen LogP contribution in [0, 0.1) is 5.82 Å². The molecule has 98 valence electrons. The number of piperazine rings is 1. The monoisotopic (exact) mass is 314 g/mol. The number of carbonyl (C=O) groups excluding carboxylic acids is 1. The van der Waals surface area contributed by atoms with Gasteiger partial charge >= 0.3 is 0 Å². The molecule has 0 spiro atoms. The van der Waals surface area contributed by atoms with Gasteiger partial charge in [-0.05, 0) is 32.2 Å². The molecule has 18 heavy (non-hydrogen) atoms. The summed E-state index contributed by atoms with van der Waals surface area (Å²) >= 11 is 3.19. The third kappa shape index (κ3) is 2.72. The molecule has 1 unspecified atom stereocenters. The zero-order valence-electron chi connectivity index (χ0n) is 10.5. The Morgan fingerprint density at radius 3 is 2.78 bits per heavy atom. The number of nitrogens with zero attached hydrogens (tertiary/aromatic N) is 2. The molecule has 0 saturated carbocycles. The number of halogens is 2. The topological polar surface area (TPSA) is 23.6 Å². The van der Waals surface area contributed by atoms with Crippen molar-refractivity contribution in [3.63, 3.8) is 0 Å². The number of hydrogen-bond donors (Lipinski definition) is 0. The second-order valence-electron chi connectivity index (χ2n) is 4.73. The Morgan fingerprint density at radius 2 is 2.17 bits per heavy atom. The van der Waals surface area contributed by atoms with Crippen molar-refractivity contribution in [1.82, 2.24) is 9.80 Å². The molecule has 1 aromatic rings. The second kappa shape index (κ2) is 5.36. The summed E-state index contributed by atoms with van der Waals surface area (Å²) < 4.78 is 14.4. The highest BCUT2D eigenvalue weighted by atomic mass is 79.9. The summed E-state index contributed by atoms with van der Waals surface area (Å²) in [4.78, 5) is 16.2. The van der Waals surface area contributed by atoms with Gasteiger partial charge < -0.3 is 9.80 Å². The fraction of sp³-hybridized carbons (Fsp3) is 0.462. The maximum atomic E-state index is 13.8. The first-order chi connectivity index (χ1) is 8.49. The molecule has 1 fully saturated rings. The van der Waals surface area contributed by atoms with Crippen molar-refractivity contribution in [3.05, 3.63) is 34.1 Å². The van der Waals surface area contributed by atoms with Gasteiger partial charge in [0.1, 0.15) is 5.82 Å². The van der Waals surface area contributed by atoms with E-state index in [1.165, 1.54) is 12.1 Å². The fourth-order valence-electron chi connectivity index (χ4n) is 2.26. The summed E-state index contributed by atoms with van der Waals surface area (Å²) in [6.45, 7) is 4.29. The SMILES string of the molecule is CC1CN(C)CCN1C(=O)c1ccc(Br)cc1F. The minimum Gasteiger partial charge on any atom is -0.333 e. The highest BCUT2D eigenvalue weighted by Gasteiger charge is 2.27. The molecule has 1 aromatic carbocycles. The molecule has 0 radical (unpaired) electrons. The van der Waals surface area contributed by atoms with E-state index in [-0.39, 0.29) is 17.5 Å². The van der Waals surface area contributed by atoms with Gasteiger partial charge in [-0.2, -0.15) is 0 Å². The maximum absolute atomic E-state index is 13.8. The van der Waals surface area contributed by atoms with Crippen LogP contribution in [0.15, 0.2) is 22.7 Å². The van der Waals surface area contributed by atoms with Crippen LogP contribution in [0.4, 0.5) is 4.39 Å². The van der Waals surface area contributed by atoms with Gasteiger partial charge in [0.05, 0.1) is 5.56 Å². The molecule has 1 atom stereocenters. The number of carbonyl (C=O) groups is 1. The lowest BCUT2D eigenvalue weighted by atomic mass is 10.1. The number of rotatable bonds is 1. The van der Waals surface area contributed by atoms with Crippen molar-refractivity contribution < 1.29 is 9.18 Å². The standard InChI is InChI=1S/C13H16BrFN2O/c1-9-8-16(2)5-6-17(9)13(18)11-4-3-10(14)7-12(11)15/h3-4,7,9H,5-6,8H2,1-2H3. The summed E-state index contributed by atoms with van der Waals surface area (Å²) in [5.41, 5.74) is 0.148. The van der Waals surface area contributed by atoms with Gasteiger partial charge in [0, 0.05) is 30.1 Å². The van der Waals surface area contributed by atoms with Gasteiger partial charge in [-0.1, -0.05) is 15.9 Å². The fourth-order valence-corrected chi connectivity index (χ4v) is 2.59. The van der Waals surface area contributed by atoms with Crippen LogP contribution in [0.5, 0.6) is 0 Å². The molecule has 1 saturated heterocycles. The minimum atomic E-state index is -0.472. The largest absolute Gasteiger partial charge is 0.333 e. The Bertz CT molecular complexity index is 466. The highest BCUT2D eigenvalue weighted by molar-refractivity contribution is 9.10. The van der Waals surface area contributed by atoms with Gasteiger partial charge in [0.15, 0.2) is 0 Å². The van der Waals surface area contributed by atoms with Crippen LogP contribution in [0.2, 0.25) is 0 Å². The normalized spacial score (nSPS) is 21.1. The molecule has 1 amide bonds. The maximum Gasteiger partial charge on any atom is 0.257 e. The van der Waals surface area contributed by atoms with Gasteiger partial charge in [-0.15, -0.1) is 0 Å². The van der Waals surface area contributed by atoms with E-state index in [1.807, 2.05) is 14.0 Å². The predicted molar refractivity (Wildman–Crippen MR) is 72.1 cm³/mol. The van der Waals surface area contributed by atoms with E-state index < -0.39 is 5.82 Å². The molecule has 0 bridgehead atoms. The molecule has 2 rings (SSSR count). The summed E-state index contributed by atoms with van der Waals surface area (Å²) in [6, 6.07) is 4.66. The number of amides is 1. The van der Waals surface area contributed by atoms with Crippen LogP contribution >= 0.6 is 15.9 Å². The van der Waals surface area contributed by atoms with Crippen molar-refractivity contribution in [3.8, 4) is 0 Å². The van der Waals surface area contributed by atoms with Gasteiger partial charge in [-0.25, -0.2) is 4.39 Å². The van der Waals surface area contributed by atoms with Gasteiger partial charge in [0.2, 0.25) is 0 Å². The number of benzene rings is 1. The molecule has 1 aliphatic heterocycles. The van der Waals surface area contributed by atoms with Crippen LogP contribution in [0.25, 0.3) is 0 Å². The molecule has 0 aliphatic carbocycles. The van der Waals surface area contributed by atoms with Crippen LogP contribution in [0.1, 0.15) is 17.3 Å². The Balaban J connectivity index is 2.20. The van der Waals surface area contributed by atoms with Gasteiger partial charge in [-0.3, -0.25) is 4.79 Å². The summed E-state index contributed by atoms with van der Waals surface area (Å²) in [7, 11) is 2.03. The van der Waals surface area contributed by atoms with Crippen LogP contribution < -0.4 is 0 Å². The number of likely N-dealkylation sites (N-methyl/N-ethyl adjacent to an activating group) is 1. The molecule has 0 aromatic heterocycles. The Kier molecular flexibility index (Phi) is 4.02. The zero-order valence-corrected chi connectivity index (χ0v) is 12.1. The van der Waals surface area contributed by atoms with Crippen molar-refractivity contribution in [2.24, 2.45) is 0 Å². The van der Waals surface area contributed by atoms with Crippen LogP contribution in [-0.2, 0) is 0 Å². The van der Waals surface area contributed by atoms with E-state index in [2.05, 4.69) is 20.8 Å². The lowest BCUT2D eigenvalue weighted by Crippen LogP contribution is -2.52. The third-order valence-electron chi connectivity index (χ3n) is 3.25. The number of hydrogen-bond acceptors (Lipinski definition) is 2. The molecule has 1 aliphatic rings. The van der Waals surface area contributed by atoms with Crippen LogP contribution in [-0.4, -0.2) is 48.4 Å². The van der Waals surface area contributed by atoms with Crippen LogP contribution in [0.3, 0.4) is 0 Å². The Hall–Kier alpha value is -0.940. The van der Waals surface area contributed by atoms with Crippen molar-refractivity contribution in [2.45, 2.75) is 13.0 Å². The molecule has 1 heterocycles. The first-order valence-corrected chi connectivity index (χ1v) is 6.73. The van der Waals surface area contributed by atoms with E-state index in [0.29, 0.717) is 11.0 Å². The van der Waals surface area contributed by atoms with E-state index >= 15 is 0 Å². The average molecular weight is 315 g/mol. The van der Waals surface area contributed by atoms with Gasteiger partial charge in [0.25, 0.3) is 5.91 Å². The lowest BCUT2D eigenvalue weighted by molar-refractivity contribution is 0.0529. The average Bonchev–Trinajstić information content (AvgIpc) is 2.28. The van der Waals surface area contributed by atoms with Crippen molar-refractivity contribution in [2.75, 3.05) is 26.7 Å². The van der Waals surface area contributed by atoms with Crippen molar-refractivity contribution in [1.29, 1.82) is 0 Å². The summed E-state index contributed by atoms with van der Waals surface area (Å²) in [6.07, 6.45) is 0. The first-order valence-electron chi connectivity index (χ1n) is 5.93. The second-order valence-corrected chi connectivity index (χ2v) is 5.65. The quantitative estimate of drug-likeness (QED) is 0.794. The molecule has 0 N–H and O–H groups in total. The van der Waals surface area contributed by atoms with E-state index in [1.54, 1.807) is 11.0 Å². The lowest BCUT2D eigenvalue weighted by Gasteiger charge is -2.38.